The van der Waals surface area contributed by atoms with Crippen LogP contribution in [-0.4, -0.2) is 51.5 Å². The monoisotopic (exact) mass is 392 g/mol. The van der Waals surface area contributed by atoms with E-state index >= 15 is 0 Å². The summed E-state index contributed by atoms with van der Waals surface area (Å²) in [6, 6.07) is 0. The van der Waals surface area contributed by atoms with Crippen molar-refractivity contribution in [3.8, 4) is 0 Å². The van der Waals surface area contributed by atoms with Gasteiger partial charge in [-0.15, -0.1) is 0 Å². The Bertz CT molecular complexity index is 773. The Morgan fingerprint density at radius 1 is 1.18 bits per heavy atom. The second-order valence-corrected chi connectivity index (χ2v) is 10.3. The van der Waals surface area contributed by atoms with Gasteiger partial charge in [0.15, 0.2) is 0 Å². The predicted octanol–water partition coefficient (Wildman–Crippen LogP) is 1.61. The first-order chi connectivity index (χ1) is 12.8. The Labute approximate surface area is 166 Å². The number of carbonyl (C=O) groups excluding carboxylic acids is 2. The summed E-state index contributed by atoms with van der Waals surface area (Å²) in [5.74, 6) is -1.44. The first-order valence-electron chi connectivity index (χ1n) is 10.3. The van der Waals surface area contributed by atoms with Crippen LogP contribution in [0.3, 0.4) is 0 Å². The molecule has 4 rings (SSSR count). The molecule has 4 fully saturated rings. The van der Waals surface area contributed by atoms with Crippen LogP contribution in [0, 0.1) is 33.5 Å². The molecule has 0 unspecified atom stereocenters. The van der Waals surface area contributed by atoms with Crippen LogP contribution in [0.1, 0.15) is 53.9 Å². The highest BCUT2D eigenvalue weighted by Crippen LogP contribution is 2.85. The summed E-state index contributed by atoms with van der Waals surface area (Å²) in [4.78, 5) is 25.2. The van der Waals surface area contributed by atoms with Crippen LogP contribution < -0.4 is 0 Å². The standard InChI is InChI=1S/C22H32O6/c1-10-14(24)7-8-20(6)17(27)18(28-12(3)23)22-11(2)15(25)9-13(19(22,4)5)16(26)21(10,20)22/h11,13-14,16-18,24,26-27H,1,7-9H2,2-6H3/t11-,13+,14+,16-,17+,18+,20+,21-,22+/m1/s1. The third-order valence-corrected chi connectivity index (χ3v) is 9.49. The summed E-state index contributed by atoms with van der Waals surface area (Å²) < 4.78 is 5.78. The molecule has 4 saturated carbocycles. The highest BCUT2D eigenvalue weighted by molar-refractivity contribution is 5.85. The Morgan fingerprint density at radius 2 is 1.79 bits per heavy atom. The maximum atomic E-state index is 13.1. The van der Waals surface area contributed by atoms with Crippen LogP contribution in [0.4, 0.5) is 0 Å². The Kier molecular flexibility index (Phi) is 3.91. The number of rotatable bonds is 1. The van der Waals surface area contributed by atoms with E-state index < -0.39 is 58.0 Å². The third-order valence-electron chi connectivity index (χ3n) is 9.49. The fourth-order valence-electron chi connectivity index (χ4n) is 8.51. The van der Waals surface area contributed by atoms with Gasteiger partial charge in [-0.3, -0.25) is 9.59 Å². The molecule has 6 heteroatoms. The highest BCUT2D eigenvalue weighted by atomic mass is 16.6. The minimum Gasteiger partial charge on any atom is -0.459 e. The van der Waals surface area contributed by atoms with Gasteiger partial charge in [0.25, 0.3) is 0 Å². The summed E-state index contributed by atoms with van der Waals surface area (Å²) in [6.07, 6.45) is -2.71. The number of ether oxygens (including phenoxy) is 1. The molecule has 9 atom stereocenters. The molecule has 0 heterocycles. The number of hydrogen-bond donors (Lipinski definition) is 3. The van der Waals surface area contributed by atoms with Crippen LogP contribution in [0.5, 0.6) is 0 Å². The SMILES string of the molecule is C=C1[C@@H](O)CC[C@@]2(C)[C@@H](O)[C@H](OC(C)=O)[C@]34[C@H](C)C(=O)C[C@@H]([C@@H](O)[C@@]132)C4(C)C. The normalized spacial score (nSPS) is 54.3. The zero-order valence-corrected chi connectivity index (χ0v) is 17.4. The zero-order valence-electron chi connectivity index (χ0n) is 17.4. The zero-order chi connectivity index (χ0) is 21.0. The maximum absolute atomic E-state index is 13.1. The first-order valence-corrected chi connectivity index (χ1v) is 10.3. The van der Waals surface area contributed by atoms with Gasteiger partial charge in [0.1, 0.15) is 11.9 Å². The molecule has 6 nitrogen and oxygen atoms in total. The topological polar surface area (TPSA) is 104 Å². The van der Waals surface area contributed by atoms with Gasteiger partial charge < -0.3 is 20.1 Å². The fourth-order valence-corrected chi connectivity index (χ4v) is 8.51. The molecule has 0 aliphatic heterocycles. The van der Waals surface area contributed by atoms with E-state index in [-0.39, 0.29) is 18.1 Å². The number of Topliss-reactive ketones (excluding diaryl/α,β-unsaturated/α-hetero) is 1. The molecule has 4 aliphatic carbocycles. The van der Waals surface area contributed by atoms with E-state index in [9.17, 15) is 24.9 Å². The number of ketones is 1. The maximum Gasteiger partial charge on any atom is 0.303 e. The molecule has 0 saturated heterocycles. The first kappa shape index (κ1) is 20.0. The van der Waals surface area contributed by atoms with Crippen LogP contribution in [0.25, 0.3) is 0 Å². The van der Waals surface area contributed by atoms with Crippen molar-refractivity contribution < 1.29 is 29.6 Å². The quantitative estimate of drug-likeness (QED) is 0.463. The van der Waals surface area contributed by atoms with E-state index in [1.165, 1.54) is 6.92 Å². The van der Waals surface area contributed by atoms with E-state index in [1.807, 2.05) is 27.7 Å². The number of carbonyl (C=O) groups is 2. The summed E-state index contributed by atoms with van der Waals surface area (Å²) in [6.45, 7) is 13.2. The van der Waals surface area contributed by atoms with E-state index in [0.29, 0.717) is 18.4 Å². The molecular formula is C22H32O6. The van der Waals surface area contributed by atoms with Crippen LogP contribution in [-0.2, 0) is 14.3 Å². The fraction of sp³-hybridized carbons (Fsp3) is 0.818. The van der Waals surface area contributed by atoms with Crippen LogP contribution >= 0.6 is 0 Å². The van der Waals surface area contributed by atoms with E-state index in [2.05, 4.69) is 6.58 Å². The summed E-state index contributed by atoms with van der Waals surface area (Å²) in [5.41, 5.74) is -3.17. The Morgan fingerprint density at radius 3 is 2.36 bits per heavy atom. The lowest BCUT2D eigenvalue weighted by atomic mass is 9.42. The molecule has 156 valence electrons. The molecule has 0 radical (unpaired) electrons. The Hall–Kier alpha value is -1.24. The smallest absolute Gasteiger partial charge is 0.303 e. The number of esters is 1. The van der Waals surface area contributed by atoms with E-state index in [0.717, 1.165) is 0 Å². The molecular weight excluding hydrogens is 360 g/mol. The molecule has 0 aromatic rings. The van der Waals surface area contributed by atoms with Crippen molar-refractivity contribution >= 4 is 11.8 Å². The molecule has 0 amide bonds. The average molecular weight is 392 g/mol. The lowest BCUT2D eigenvalue weighted by Gasteiger charge is -2.60. The van der Waals surface area contributed by atoms with Crippen LogP contribution in [0.2, 0.25) is 0 Å². The van der Waals surface area contributed by atoms with E-state index in [1.54, 1.807) is 0 Å². The summed E-state index contributed by atoms with van der Waals surface area (Å²) in [5, 5.41) is 34.1. The van der Waals surface area contributed by atoms with Crippen molar-refractivity contribution in [1.29, 1.82) is 0 Å². The average Bonchev–Trinajstić information content (AvgIpc) is 2.83. The molecule has 0 aromatic carbocycles. The predicted molar refractivity (Wildman–Crippen MR) is 101 cm³/mol. The molecule has 0 aromatic heterocycles. The van der Waals surface area contributed by atoms with Gasteiger partial charge in [-0.1, -0.05) is 34.3 Å². The van der Waals surface area contributed by atoms with Gasteiger partial charge in [0, 0.05) is 35.5 Å². The number of hydrogen-bond acceptors (Lipinski definition) is 6. The van der Waals surface area contributed by atoms with Crippen molar-refractivity contribution in [3.05, 3.63) is 12.2 Å². The van der Waals surface area contributed by atoms with Crippen molar-refractivity contribution in [2.45, 2.75) is 78.3 Å². The minimum absolute atomic E-state index is 0.00159. The van der Waals surface area contributed by atoms with Crippen molar-refractivity contribution in [1.82, 2.24) is 0 Å². The molecule has 2 spiro atoms. The molecule has 2 bridgehead atoms. The third kappa shape index (κ3) is 1.66. The van der Waals surface area contributed by atoms with Gasteiger partial charge in [-0.25, -0.2) is 0 Å². The molecule has 28 heavy (non-hydrogen) atoms. The van der Waals surface area contributed by atoms with Gasteiger partial charge in [-0.2, -0.15) is 0 Å². The number of aliphatic hydroxyl groups excluding tert-OH is 3. The van der Waals surface area contributed by atoms with Crippen molar-refractivity contribution in [3.63, 3.8) is 0 Å². The number of fused-ring (bicyclic) bond motifs is 1. The van der Waals surface area contributed by atoms with Crippen molar-refractivity contribution in [2.75, 3.05) is 0 Å². The summed E-state index contributed by atoms with van der Waals surface area (Å²) in [7, 11) is 0. The van der Waals surface area contributed by atoms with Gasteiger partial charge >= 0.3 is 5.97 Å². The second kappa shape index (κ2) is 5.46. The van der Waals surface area contributed by atoms with Gasteiger partial charge in [-0.05, 0) is 29.7 Å². The minimum atomic E-state index is -1.11. The second-order valence-electron chi connectivity index (χ2n) is 10.3. The summed E-state index contributed by atoms with van der Waals surface area (Å²) >= 11 is 0. The highest BCUT2D eigenvalue weighted by Gasteiger charge is 2.90. The molecule has 4 aliphatic rings. The lowest BCUT2D eigenvalue weighted by Crippen LogP contribution is -2.63. The largest absolute Gasteiger partial charge is 0.459 e. The lowest BCUT2D eigenvalue weighted by molar-refractivity contribution is -0.189. The van der Waals surface area contributed by atoms with Crippen molar-refractivity contribution in [2.24, 2.45) is 33.5 Å². The van der Waals surface area contributed by atoms with E-state index in [4.69, 9.17) is 4.74 Å². The number of aliphatic hydroxyl groups is 3. The Balaban J connectivity index is 2.14. The van der Waals surface area contributed by atoms with Gasteiger partial charge in [0.2, 0.25) is 0 Å². The van der Waals surface area contributed by atoms with Crippen LogP contribution in [0.15, 0.2) is 12.2 Å². The van der Waals surface area contributed by atoms with Gasteiger partial charge in [0.05, 0.1) is 18.3 Å². The molecule has 3 N–H and O–H groups in total.